The molecule has 0 radical (unpaired) electrons. The van der Waals surface area contributed by atoms with E-state index in [9.17, 15) is 10.2 Å². The van der Waals surface area contributed by atoms with Gasteiger partial charge in [-0.25, -0.2) is 4.99 Å². The molecule has 2 N–H and O–H groups in total. The topological polar surface area (TPSA) is 65.2 Å². The van der Waals surface area contributed by atoms with Crippen LogP contribution in [0.4, 0.5) is 11.4 Å². The number of hydrogen-bond acceptors (Lipinski definition) is 4. The summed E-state index contributed by atoms with van der Waals surface area (Å²) in [6.07, 6.45) is 1.61. The number of phenolic OH excluding ortho intramolecular Hbond substituents is 2. The van der Waals surface area contributed by atoms with Gasteiger partial charge in [0.1, 0.15) is 11.5 Å². The molecule has 4 rings (SSSR count). The average Bonchev–Trinajstić information content (AvgIpc) is 2.80. The summed E-state index contributed by atoms with van der Waals surface area (Å²) in [5.41, 5.74) is 4.02. The van der Waals surface area contributed by atoms with Gasteiger partial charge in [0, 0.05) is 27.4 Å². The number of aromatic hydroxyl groups is 2. The molecule has 0 saturated heterocycles. The van der Waals surface area contributed by atoms with Crippen molar-refractivity contribution in [1.29, 1.82) is 0 Å². The minimum Gasteiger partial charge on any atom is -0.507 e. The van der Waals surface area contributed by atoms with Crippen molar-refractivity contribution in [2.45, 2.75) is 0 Å². The molecule has 0 atom stereocenters. The molecule has 0 aliphatic heterocycles. The van der Waals surface area contributed by atoms with Gasteiger partial charge in [0.05, 0.1) is 17.1 Å². The zero-order valence-corrected chi connectivity index (χ0v) is 18.1. The van der Waals surface area contributed by atoms with Crippen LogP contribution in [0.15, 0.2) is 112 Å². The third kappa shape index (κ3) is 4.90. The second kappa shape index (κ2) is 9.41. The molecular formula is C26H19BrN2O2. The fourth-order valence-electron chi connectivity index (χ4n) is 3.10. The Morgan fingerprint density at radius 2 is 1.39 bits per heavy atom. The first kappa shape index (κ1) is 20.6. The van der Waals surface area contributed by atoms with E-state index in [1.54, 1.807) is 36.5 Å². The third-order valence-electron chi connectivity index (χ3n) is 4.65. The van der Waals surface area contributed by atoms with Crippen LogP contribution in [-0.4, -0.2) is 22.1 Å². The molecule has 4 aromatic carbocycles. The van der Waals surface area contributed by atoms with Gasteiger partial charge in [-0.2, -0.15) is 0 Å². The van der Waals surface area contributed by atoms with Gasteiger partial charge in [-0.05, 0) is 42.5 Å². The molecule has 0 amide bonds. The van der Waals surface area contributed by atoms with Crippen LogP contribution in [0.5, 0.6) is 11.5 Å². The van der Waals surface area contributed by atoms with Gasteiger partial charge in [0.2, 0.25) is 0 Å². The molecule has 0 aliphatic carbocycles. The minimum atomic E-state index is 0.140. The van der Waals surface area contributed by atoms with Gasteiger partial charge in [-0.1, -0.05) is 70.5 Å². The number of nitrogens with zero attached hydrogens (tertiary/aromatic N) is 2. The van der Waals surface area contributed by atoms with Crippen molar-refractivity contribution in [2.24, 2.45) is 9.98 Å². The average molecular weight is 471 g/mol. The van der Waals surface area contributed by atoms with Crippen molar-refractivity contribution in [3.63, 3.8) is 0 Å². The Kier molecular flexibility index (Phi) is 6.24. The molecule has 0 fully saturated rings. The van der Waals surface area contributed by atoms with Gasteiger partial charge in [0.25, 0.3) is 0 Å². The summed E-state index contributed by atoms with van der Waals surface area (Å²) in [5, 5.41) is 20.5. The standard InChI is InChI=1S/C26H19BrN2O2/c27-20-14-15-25(31)21(16-20)26(18-8-2-1-3-9-18)29-23-12-6-5-11-22(23)28-17-19-10-4-7-13-24(19)30/h1-17,30-31H. The molecular weight excluding hydrogens is 452 g/mol. The Balaban J connectivity index is 1.84. The van der Waals surface area contributed by atoms with Gasteiger partial charge in [0.15, 0.2) is 0 Å². The first-order chi connectivity index (χ1) is 15.1. The Morgan fingerprint density at radius 1 is 0.710 bits per heavy atom. The zero-order valence-electron chi connectivity index (χ0n) is 16.5. The molecule has 0 saturated carbocycles. The third-order valence-corrected chi connectivity index (χ3v) is 5.15. The van der Waals surface area contributed by atoms with E-state index in [1.165, 1.54) is 0 Å². The van der Waals surface area contributed by atoms with E-state index < -0.39 is 0 Å². The molecule has 0 heterocycles. The van der Waals surface area contributed by atoms with Gasteiger partial charge in [-0.15, -0.1) is 0 Å². The van der Waals surface area contributed by atoms with Crippen LogP contribution in [0.3, 0.4) is 0 Å². The number of halogens is 1. The first-order valence-corrected chi connectivity index (χ1v) is 10.5. The van der Waals surface area contributed by atoms with Crippen LogP contribution < -0.4 is 0 Å². The van der Waals surface area contributed by atoms with E-state index in [-0.39, 0.29) is 11.5 Å². The van der Waals surface area contributed by atoms with E-state index >= 15 is 0 Å². The Hall–Kier alpha value is -3.70. The van der Waals surface area contributed by atoms with Crippen molar-refractivity contribution in [3.05, 3.63) is 118 Å². The van der Waals surface area contributed by atoms with E-state index in [4.69, 9.17) is 4.99 Å². The molecule has 0 unspecified atom stereocenters. The molecule has 5 heteroatoms. The number of para-hydroxylation sites is 3. The van der Waals surface area contributed by atoms with Crippen molar-refractivity contribution in [1.82, 2.24) is 0 Å². The predicted octanol–water partition coefficient (Wildman–Crippen LogP) is 6.78. The number of benzene rings is 4. The van der Waals surface area contributed by atoms with Crippen LogP contribution in [0.2, 0.25) is 0 Å². The summed E-state index contributed by atoms with van der Waals surface area (Å²) in [7, 11) is 0. The van der Waals surface area contributed by atoms with Crippen LogP contribution in [-0.2, 0) is 0 Å². The van der Waals surface area contributed by atoms with Gasteiger partial charge < -0.3 is 10.2 Å². The predicted molar refractivity (Wildman–Crippen MR) is 129 cm³/mol. The monoisotopic (exact) mass is 470 g/mol. The normalized spacial score (nSPS) is 11.7. The molecule has 0 aliphatic rings. The zero-order chi connectivity index (χ0) is 21.6. The van der Waals surface area contributed by atoms with Gasteiger partial charge in [-0.3, -0.25) is 4.99 Å². The van der Waals surface area contributed by atoms with Crippen LogP contribution in [0, 0.1) is 0 Å². The molecule has 152 valence electrons. The maximum absolute atomic E-state index is 10.5. The summed E-state index contributed by atoms with van der Waals surface area (Å²) in [4.78, 5) is 9.45. The summed E-state index contributed by atoms with van der Waals surface area (Å²) in [6.45, 7) is 0. The summed E-state index contributed by atoms with van der Waals surface area (Å²) >= 11 is 3.48. The minimum absolute atomic E-state index is 0.140. The van der Waals surface area contributed by atoms with Crippen LogP contribution in [0.1, 0.15) is 16.7 Å². The Bertz CT molecular complexity index is 1270. The molecule has 0 spiro atoms. The van der Waals surface area contributed by atoms with E-state index in [0.717, 1.165) is 10.0 Å². The highest BCUT2D eigenvalue weighted by molar-refractivity contribution is 9.10. The highest BCUT2D eigenvalue weighted by atomic mass is 79.9. The fourth-order valence-corrected chi connectivity index (χ4v) is 3.46. The van der Waals surface area contributed by atoms with E-state index in [2.05, 4.69) is 20.9 Å². The smallest absolute Gasteiger partial charge is 0.125 e. The highest BCUT2D eigenvalue weighted by Gasteiger charge is 2.13. The quantitative estimate of drug-likeness (QED) is 0.315. The maximum atomic E-state index is 10.5. The maximum Gasteiger partial charge on any atom is 0.125 e. The second-order valence-corrected chi connectivity index (χ2v) is 7.71. The molecule has 0 aromatic heterocycles. The van der Waals surface area contributed by atoms with Crippen molar-refractivity contribution in [2.75, 3.05) is 0 Å². The Morgan fingerprint density at radius 3 is 2.16 bits per heavy atom. The molecule has 4 nitrogen and oxygen atoms in total. The molecule has 0 bridgehead atoms. The number of aliphatic imine (C=N–C) groups is 2. The number of phenols is 2. The van der Waals surface area contributed by atoms with E-state index in [1.807, 2.05) is 66.7 Å². The summed E-state index contributed by atoms with van der Waals surface area (Å²) in [5.74, 6) is 0.303. The van der Waals surface area contributed by atoms with Crippen LogP contribution >= 0.6 is 15.9 Å². The fraction of sp³-hybridized carbons (Fsp3) is 0. The lowest BCUT2D eigenvalue weighted by Gasteiger charge is -2.11. The summed E-state index contributed by atoms with van der Waals surface area (Å²) in [6, 6.07) is 29.5. The number of rotatable bonds is 5. The highest BCUT2D eigenvalue weighted by Crippen LogP contribution is 2.32. The Labute approximate surface area is 189 Å². The molecule has 31 heavy (non-hydrogen) atoms. The van der Waals surface area contributed by atoms with E-state index in [0.29, 0.717) is 28.2 Å². The second-order valence-electron chi connectivity index (χ2n) is 6.79. The largest absolute Gasteiger partial charge is 0.507 e. The van der Waals surface area contributed by atoms with Crippen molar-refractivity contribution >= 4 is 39.2 Å². The first-order valence-electron chi connectivity index (χ1n) is 9.66. The van der Waals surface area contributed by atoms with Crippen LogP contribution in [0.25, 0.3) is 0 Å². The van der Waals surface area contributed by atoms with Crippen molar-refractivity contribution in [3.8, 4) is 11.5 Å². The lowest BCUT2D eigenvalue weighted by molar-refractivity contribution is 0.473. The number of hydrogen-bond donors (Lipinski definition) is 2. The summed E-state index contributed by atoms with van der Waals surface area (Å²) < 4.78 is 0.842. The lowest BCUT2D eigenvalue weighted by Crippen LogP contribution is -2.03. The molecule has 4 aromatic rings. The lowest BCUT2D eigenvalue weighted by atomic mass is 10.0. The van der Waals surface area contributed by atoms with Crippen molar-refractivity contribution < 1.29 is 10.2 Å². The van der Waals surface area contributed by atoms with Gasteiger partial charge >= 0.3 is 0 Å². The SMILES string of the molecule is Oc1ccccc1C=Nc1ccccc1N=C(c1ccccc1)c1cc(Br)ccc1O.